The number of carboxylic acid groups (broad SMARTS) is 1. The normalized spacial score (nSPS) is 12.3. The molecular weight excluding hydrogens is 564 g/mol. The molecule has 13 heteroatoms. The number of hydrogen-bond donors (Lipinski definition) is 3. The van der Waals surface area contributed by atoms with E-state index in [1.807, 2.05) is 6.92 Å². The fourth-order valence-electron chi connectivity index (χ4n) is 3.68. The van der Waals surface area contributed by atoms with E-state index in [1.54, 1.807) is 13.8 Å². The third-order valence-electron chi connectivity index (χ3n) is 6.57. The van der Waals surface area contributed by atoms with Gasteiger partial charge in [0.1, 0.15) is 24.8 Å². The number of Topliss-reactive ketones (excluding diaryl/α,β-unsaturated/α-hetero) is 3. The summed E-state index contributed by atoms with van der Waals surface area (Å²) in [5, 5.41) is 14.6. The van der Waals surface area contributed by atoms with E-state index in [4.69, 9.17) is 18.9 Å². The van der Waals surface area contributed by atoms with Crippen molar-refractivity contribution in [2.75, 3.05) is 65.9 Å². The maximum Gasteiger partial charge on any atom is 0.306 e. The second-order valence-electron chi connectivity index (χ2n) is 10.3. The molecule has 0 aromatic heterocycles. The molecular formula is C30H52N2O11. The highest BCUT2D eigenvalue weighted by Gasteiger charge is 2.21. The highest BCUT2D eigenvalue weighted by molar-refractivity contribution is 5.84. The summed E-state index contributed by atoms with van der Waals surface area (Å²) < 4.78 is 21.3. The SMILES string of the molecule is CCC(=O)CC(CCC(=O)NCCOCCOCC(=O)CCCOCCOCC(=O)NCCCC[C@H](C)C(C)=O)C(=O)O. The molecule has 248 valence electrons. The molecule has 1 unspecified atom stereocenters. The van der Waals surface area contributed by atoms with Crippen LogP contribution >= 0.6 is 0 Å². The number of amides is 2. The summed E-state index contributed by atoms with van der Waals surface area (Å²) in [6.07, 6.45) is 3.71. The van der Waals surface area contributed by atoms with Crippen LogP contribution in [0.25, 0.3) is 0 Å². The summed E-state index contributed by atoms with van der Waals surface area (Å²) in [5.74, 6) is -2.38. The second kappa shape index (κ2) is 26.9. The Morgan fingerprint density at radius 2 is 1.30 bits per heavy atom. The number of ether oxygens (including phenoxy) is 4. The summed E-state index contributed by atoms with van der Waals surface area (Å²) in [4.78, 5) is 69.3. The molecule has 0 fully saturated rings. The van der Waals surface area contributed by atoms with Gasteiger partial charge in [0, 0.05) is 51.3 Å². The topological polar surface area (TPSA) is 184 Å². The monoisotopic (exact) mass is 616 g/mol. The van der Waals surface area contributed by atoms with E-state index < -0.39 is 11.9 Å². The lowest BCUT2D eigenvalue weighted by Crippen LogP contribution is -2.29. The lowest BCUT2D eigenvalue weighted by atomic mass is 9.96. The molecule has 0 bridgehead atoms. The van der Waals surface area contributed by atoms with Gasteiger partial charge in [-0.1, -0.05) is 20.3 Å². The Kier molecular flexibility index (Phi) is 25.1. The molecule has 0 spiro atoms. The third-order valence-corrected chi connectivity index (χ3v) is 6.57. The Bertz CT molecular complexity index is 835. The number of ketones is 3. The number of rotatable bonds is 30. The minimum Gasteiger partial charge on any atom is -0.481 e. The Labute approximate surface area is 255 Å². The Balaban J connectivity index is 3.53. The van der Waals surface area contributed by atoms with Crippen molar-refractivity contribution in [1.29, 1.82) is 0 Å². The van der Waals surface area contributed by atoms with Crippen molar-refractivity contribution >= 4 is 35.1 Å². The number of nitrogens with one attached hydrogen (secondary N) is 2. The largest absolute Gasteiger partial charge is 0.481 e. The minimum atomic E-state index is -1.08. The van der Waals surface area contributed by atoms with Gasteiger partial charge in [0.2, 0.25) is 11.8 Å². The van der Waals surface area contributed by atoms with Gasteiger partial charge >= 0.3 is 5.97 Å². The summed E-state index contributed by atoms with van der Waals surface area (Å²) in [5.41, 5.74) is 0. The molecule has 13 nitrogen and oxygen atoms in total. The quantitative estimate of drug-likeness (QED) is 0.100. The molecule has 0 aromatic rings. The Morgan fingerprint density at radius 1 is 0.674 bits per heavy atom. The van der Waals surface area contributed by atoms with E-state index in [9.17, 15) is 33.9 Å². The fourth-order valence-corrected chi connectivity index (χ4v) is 3.68. The zero-order valence-corrected chi connectivity index (χ0v) is 26.1. The average molecular weight is 617 g/mol. The molecule has 0 saturated carbocycles. The number of hydrogen-bond acceptors (Lipinski definition) is 10. The molecule has 3 N–H and O–H groups in total. The highest BCUT2D eigenvalue weighted by Crippen LogP contribution is 2.13. The average Bonchev–Trinajstić information content (AvgIpc) is 2.97. The first-order valence-corrected chi connectivity index (χ1v) is 15.2. The maximum atomic E-state index is 11.9. The molecule has 0 radical (unpaired) electrons. The number of carbonyl (C=O) groups excluding carboxylic acids is 5. The van der Waals surface area contributed by atoms with Crippen LogP contribution in [-0.2, 0) is 47.7 Å². The lowest BCUT2D eigenvalue weighted by Gasteiger charge is -2.11. The first kappa shape index (κ1) is 40.3. The van der Waals surface area contributed by atoms with Crippen LogP contribution in [0.4, 0.5) is 0 Å². The van der Waals surface area contributed by atoms with Crippen LogP contribution in [0.1, 0.15) is 78.6 Å². The Hall–Kier alpha value is -2.74. The van der Waals surface area contributed by atoms with Gasteiger partial charge in [0.15, 0.2) is 5.78 Å². The predicted molar refractivity (Wildman–Crippen MR) is 158 cm³/mol. The number of carbonyl (C=O) groups is 6. The minimum absolute atomic E-state index is 0.0162. The number of carboxylic acids is 1. The highest BCUT2D eigenvalue weighted by atomic mass is 16.5. The molecule has 0 aliphatic rings. The van der Waals surface area contributed by atoms with E-state index in [2.05, 4.69) is 10.6 Å². The van der Waals surface area contributed by atoms with Crippen LogP contribution in [0.2, 0.25) is 0 Å². The molecule has 0 heterocycles. The Morgan fingerprint density at radius 3 is 1.95 bits per heavy atom. The van der Waals surface area contributed by atoms with E-state index in [-0.39, 0.29) is 107 Å². The third kappa shape index (κ3) is 25.5. The molecule has 0 aliphatic heterocycles. The van der Waals surface area contributed by atoms with Crippen LogP contribution in [0.5, 0.6) is 0 Å². The number of unbranched alkanes of at least 4 members (excludes halogenated alkanes) is 1. The van der Waals surface area contributed by atoms with Crippen LogP contribution in [-0.4, -0.2) is 106 Å². The molecule has 0 saturated heterocycles. The fraction of sp³-hybridized carbons (Fsp3) is 0.800. The van der Waals surface area contributed by atoms with Gasteiger partial charge in [-0.25, -0.2) is 0 Å². The summed E-state index contributed by atoms with van der Waals surface area (Å²) in [6, 6.07) is 0. The molecule has 0 aliphatic carbocycles. The van der Waals surface area contributed by atoms with Gasteiger partial charge < -0.3 is 34.7 Å². The van der Waals surface area contributed by atoms with Crippen molar-refractivity contribution in [3.05, 3.63) is 0 Å². The summed E-state index contributed by atoms with van der Waals surface area (Å²) in [6.45, 7) is 7.62. The van der Waals surface area contributed by atoms with E-state index >= 15 is 0 Å². The van der Waals surface area contributed by atoms with Crippen molar-refractivity contribution in [2.45, 2.75) is 78.6 Å². The molecule has 2 atom stereocenters. The lowest BCUT2D eigenvalue weighted by molar-refractivity contribution is -0.144. The summed E-state index contributed by atoms with van der Waals surface area (Å²) >= 11 is 0. The van der Waals surface area contributed by atoms with Crippen molar-refractivity contribution in [1.82, 2.24) is 10.6 Å². The van der Waals surface area contributed by atoms with Crippen LogP contribution in [0.15, 0.2) is 0 Å². The smallest absolute Gasteiger partial charge is 0.306 e. The van der Waals surface area contributed by atoms with Crippen molar-refractivity contribution in [2.24, 2.45) is 11.8 Å². The van der Waals surface area contributed by atoms with Gasteiger partial charge in [-0.2, -0.15) is 0 Å². The van der Waals surface area contributed by atoms with E-state index in [1.165, 1.54) is 0 Å². The first-order valence-electron chi connectivity index (χ1n) is 15.2. The van der Waals surface area contributed by atoms with Gasteiger partial charge in [-0.05, 0) is 32.6 Å². The standard InChI is InChI=1S/C30H52N2O11/c1-4-26(34)20-25(30(38)39)10-11-28(36)32-13-15-41-17-18-42-21-27(35)9-7-14-40-16-19-43-22-29(37)31-12-6-5-8-23(2)24(3)33/h23,25H,4-22H2,1-3H3,(H,31,37)(H,32,36)(H,38,39)/t23-,25?/m0/s1. The van der Waals surface area contributed by atoms with Gasteiger partial charge in [-0.3, -0.25) is 28.8 Å². The molecule has 43 heavy (non-hydrogen) atoms. The second-order valence-corrected chi connectivity index (χ2v) is 10.3. The van der Waals surface area contributed by atoms with Gasteiger partial charge in [0.25, 0.3) is 0 Å². The molecule has 2 amide bonds. The van der Waals surface area contributed by atoms with Crippen LogP contribution in [0, 0.1) is 11.8 Å². The van der Waals surface area contributed by atoms with Gasteiger partial charge in [0.05, 0.1) is 39.0 Å². The van der Waals surface area contributed by atoms with Gasteiger partial charge in [-0.15, -0.1) is 0 Å². The zero-order chi connectivity index (χ0) is 32.3. The molecule has 0 rings (SSSR count). The number of aliphatic carboxylic acids is 1. The predicted octanol–water partition coefficient (Wildman–Crippen LogP) is 1.88. The van der Waals surface area contributed by atoms with E-state index in [0.29, 0.717) is 32.6 Å². The van der Waals surface area contributed by atoms with Crippen molar-refractivity contribution in [3.8, 4) is 0 Å². The summed E-state index contributed by atoms with van der Waals surface area (Å²) in [7, 11) is 0. The van der Waals surface area contributed by atoms with Crippen LogP contribution < -0.4 is 10.6 Å². The van der Waals surface area contributed by atoms with E-state index in [0.717, 1.165) is 19.3 Å². The maximum absolute atomic E-state index is 11.9. The zero-order valence-electron chi connectivity index (χ0n) is 26.1. The van der Waals surface area contributed by atoms with Crippen molar-refractivity contribution < 1.29 is 52.8 Å². The van der Waals surface area contributed by atoms with Crippen molar-refractivity contribution in [3.63, 3.8) is 0 Å². The first-order chi connectivity index (χ1) is 20.6. The van der Waals surface area contributed by atoms with Crippen LogP contribution in [0.3, 0.4) is 0 Å². The molecule has 0 aromatic carbocycles.